The Morgan fingerprint density at radius 2 is 1.79 bits per heavy atom. The van der Waals surface area contributed by atoms with Crippen LogP contribution in [0.5, 0.6) is 0 Å². The monoisotopic (exact) mass is 396 g/mol. The quantitative estimate of drug-likeness (QED) is 0.448. The number of hydrogen-bond acceptors (Lipinski definition) is 2. The lowest BCUT2D eigenvalue weighted by Gasteiger charge is -2.25. The Kier molecular flexibility index (Phi) is 8.09. The van der Waals surface area contributed by atoms with E-state index in [1.165, 1.54) is 30.4 Å². The number of rotatable bonds is 9. The average molecular weight is 397 g/mol. The molecule has 2 aliphatic carbocycles. The van der Waals surface area contributed by atoms with Crippen LogP contribution < -0.4 is 0 Å². The lowest BCUT2D eigenvalue weighted by Crippen LogP contribution is -2.28. The zero-order chi connectivity index (χ0) is 20.8. The minimum absolute atomic E-state index is 0.00963. The van der Waals surface area contributed by atoms with Crippen molar-refractivity contribution in [2.45, 2.75) is 97.3 Å². The molecule has 0 radical (unpaired) electrons. The highest BCUT2D eigenvalue weighted by Crippen LogP contribution is 2.48. The molecule has 2 fully saturated rings. The van der Waals surface area contributed by atoms with Crippen LogP contribution in [0.4, 0.5) is 0 Å². The van der Waals surface area contributed by atoms with Gasteiger partial charge in [-0.05, 0) is 62.3 Å². The SMILES string of the molecule is CCCC(CCC(=O)CC1C(=O)C2CC2CCCCC1CC)c1ccc(C)cc1. The topological polar surface area (TPSA) is 34.1 Å². The summed E-state index contributed by atoms with van der Waals surface area (Å²) < 4.78 is 0. The number of aryl methyl sites for hydroxylation is 1. The van der Waals surface area contributed by atoms with E-state index in [1.807, 2.05) is 0 Å². The normalized spacial score (nSPS) is 28.0. The molecular weight excluding hydrogens is 356 g/mol. The highest BCUT2D eigenvalue weighted by atomic mass is 16.1. The van der Waals surface area contributed by atoms with E-state index < -0.39 is 0 Å². The molecule has 0 N–H and O–H groups in total. The molecular formula is C27H40O2. The number of carbonyl (C=O) groups excluding carboxylic acids is 2. The minimum Gasteiger partial charge on any atom is -0.300 e. The molecule has 0 saturated heterocycles. The molecule has 0 amide bonds. The van der Waals surface area contributed by atoms with E-state index in [1.54, 1.807) is 0 Å². The Hall–Kier alpha value is -1.44. The molecule has 1 aromatic carbocycles. The van der Waals surface area contributed by atoms with Gasteiger partial charge in [-0.15, -0.1) is 0 Å². The Morgan fingerprint density at radius 3 is 2.48 bits per heavy atom. The summed E-state index contributed by atoms with van der Waals surface area (Å²) >= 11 is 0. The van der Waals surface area contributed by atoms with E-state index in [0.29, 0.717) is 42.2 Å². The van der Waals surface area contributed by atoms with Crippen LogP contribution in [0.3, 0.4) is 0 Å². The maximum absolute atomic E-state index is 13.1. The second-order valence-electron chi connectivity index (χ2n) is 9.74. The number of fused-ring (bicyclic) bond motifs is 1. The van der Waals surface area contributed by atoms with Crippen molar-refractivity contribution in [1.29, 1.82) is 0 Å². The lowest BCUT2D eigenvalue weighted by molar-refractivity contribution is -0.131. The van der Waals surface area contributed by atoms with Crippen LogP contribution in [0.1, 0.15) is 102 Å². The molecule has 2 heteroatoms. The largest absolute Gasteiger partial charge is 0.300 e. The summed E-state index contributed by atoms with van der Waals surface area (Å²) in [7, 11) is 0. The molecule has 0 spiro atoms. The molecule has 160 valence electrons. The number of carbonyl (C=O) groups is 2. The van der Waals surface area contributed by atoms with E-state index in [9.17, 15) is 9.59 Å². The van der Waals surface area contributed by atoms with Crippen molar-refractivity contribution in [3.63, 3.8) is 0 Å². The summed E-state index contributed by atoms with van der Waals surface area (Å²) in [6.07, 6.45) is 11.3. The first-order valence-corrected chi connectivity index (χ1v) is 12.1. The smallest absolute Gasteiger partial charge is 0.140 e. The standard InChI is InChI=1S/C27H40O2/c1-4-8-21(22-13-11-19(3)12-14-22)15-16-24(28)18-26-20(5-2)9-6-7-10-23-17-25(23)27(26)29/h11-14,20-21,23,25-26H,4-10,15-18H2,1-3H3. The Morgan fingerprint density at radius 1 is 1.07 bits per heavy atom. The van der Waals surface area contributed by atoms with Crippen LogP contribution >= 0.6 is 0 Å². The molecule has 2 nitrogen and oxygen atoms in total. The third-order valence-electron chi connectivity index (χ3n) is 7.55. The zero-order valence-corrected chi connectivity index (χ0v) is 18.8. The second-order valence-corrected chi connectivity index (χ2v) is 9.74. The Labute approximate surface area is 177 Å². The van der Waals surface area contributed by atoms with Gasteiger partial charge in [-0.2, -0.15) is 0 Å². The van der Waals surface area contributed by atoms with Gasteiger partial charge in [0.1, 0.15) is 11.6 Å². The molecule has 0 heterocycles. The third-order valence-corrected chi connectivity index (χ3v) is 7.55. The number of benzene rings is 1. The molecule has 2 saturated carbocycles. The molecule has 1 aromatic rings. The Balaban J connectivity index is 1.60. The van der Waals surface area contributed by atoms with Gasteiger partial charge >= 0.3 is 0 Å². The predicted octanol–water partition coefficient (Wildman–Crippen LogP) is 7.04. The number of ketones is 2. The van der Waals surface area contributed by atoms with Gasteiger partial charge in [0, 0.05) is 24.7 Å². The maximum atomic E-state index is 13.1. The summed E-state index contributed by atoms with van der Waals surface area (Å²) in [6, 6.07) is 8.80. The van der Waals surface area contributed by atoms with Gasteiger partial charge in [-0.25, -0.2) is 0 Å². The van der Waals surface area contributed by atoms with Crippen LogP contribution in [0, 0.1) is 30.6 Å². The fourth-order valence-corrected chi connectivity index (χ4v) is 5.54. The molecule has 0 aliphatic heterocycles. The summed E-state index contributed by atoms with van der Waals surface area (Å²) in [5.74, 6) is 2.51. The minimum atomic E-state index is -0.00963. The van der Waals surface area contributed by atoms with Crippen LogP contribution in [-0.2, 0) is 9.59 Å². The summed E-state index contributed by atoms with van der Waals surface area (Å²) in [6.45, 7) is 6.54. The second kappa shape index (κ2) is 10.5. The van der Waals surface area contributed by atoms with Gasteiger partial charge in [0.15, 0.2) is 0 Å². The molecule has 0 aromatic heterocycles. The summed E-state index contributed by atoms with van der Waals surface area (Å²) in [5, 5.41) is 0. The zero-order valence-electron chi connectivity index (χ0n) is 18.8. The first-order chi connectivity index (χ1) is 14.0. The van der Waals surface area contributed by atoms with Gasteiger partial charge in [0.2, 0.25) is 0 Å². The first kappa shape index (κ1) is 22.2. The van der Waals surface area contributed by atoms with Gasteiger partial charge in [-0.3, -0.25) is 9.59 Å². The van der Waals surface area contributed by atoms with Crippen LogP contribution in [0.25, 0.3) is 0 Å². The van der Waals surface area contributed by atoms with E-state index >= 15 is 0 Å². The van der Waals surface area contributed by atoms with Gasteiger partial charge < -0.3 is 0 Å². The summed E-state index contributed by atoms with van der Waals surface area (Å²) in [5.41, 5.74) is 2.64. The number of Topliss-reactive ketones (excluding diaryl/α,β-unsaturated/α-hetero) is 2. The van der Waals surface area contributed by atoms with Crippen molar-refractivity contribution in [2.75, 3.05) is 0 Å². The highest BCUT2D eigenvalue weighted by Gasteiger charge is 2.46. The van der Waals surface area contributed by atoms with Gasteiger partial charge in [0.05, 0.1) is 0 Å². The molecule has 5 atom stereocenters. The van der Waals surface area contributed by atoms with Crippen LogP contribution in [0.15, 0.2) is 24.3 Å². The van der Waals surface area contributed by atoms with Crippen molar-refractivity contribution < 1.29 is 9.59 Å². The van der Waals surface area contributed by atoms with E-state index in [-0.39, 0.29) is 11.8 Å². The highest BCUT2D eigenvalue weighted by molar-refractivity contribution is 5.91. The van der Waals surface area contributed by atoms with Crippen LogP contribution in [0.2, 0.25) is 0 Å². The Bertz CT molecular complexity index is 674. The van der Waals surface area contributed by atoms with Crippen molar-refractivity contribution in [1.82, 2.24) is 0 Å². The van der Waals surface area contributed by atoms with E-state index in [4.69, 9.17) is 0 Å². The molecule has 29 heavy (non-hydrogen) atoms. The molecule has 5 unspecified atom stereocenters. The average Bonchev–Trinajstić information content (AvgIpc) is 3.49. The van der Waals surface area contributed by atoms with E-state index in [2.05, 4.69) is 45.0 Å². The maximum Gasteiger partial charge on any atom is 0.140 e. The molecule has 0 bridgehead atoms. The summed E-state index contributed by atoms with van der Waals surface area (Å²) in [4.78, 5) is 26.1. The third kappa shape index (κ3) is 6.03. The fraction of sp³-hybridized carbons (Fsp3) is 0.704. The molecule has 3 rings (SSSR count). The van der Waals surface area contributed by atoms with Crippen molar-refractivity contribution in [3.8, 4) is 0 Å². The number of hydrogen-bond donors (Lipinski definition) is 0. The van der Waals surface area contributed by atoms with Gasteiger partial charge in [-0.1, -0.05) is 69.4 Å². The fourth-order valence-electron chi connectivity index (χ4n) is 5.54. The van der Waals surface area contributed by atoms with Gasteiger partial charge in [0.25, 0.3) is 0 Å². The lowest BCUT2D eigenvalue weighted by atomic mass is 9.78. The van der Waals surface area contributed by atoms with Crippen molar-refractivity contribution in [2.24, 2.45) is 23.7 Å². The van der Waals surface area contributed by atoms with Crippen molar-refractivity contribution >= 4 is 11.6 Å². The first-order valence-electron chi connectivity index (χ1n) is 12.1. The van der Waals surface area contributed by atoms with E-state index in [0.717, 1.165) is 38.5 Å². The predicted molar refractivity (Wildman–Crippen MR) is 120 cm³/mol. The molecule has 2 aliphatic rings. The van der Waals surface area contributed by atoms with Crippen LogP contribution in [-0.4, -0.2) is 11.6 Å². The van der Waals surface area contributed by atoms with Crippen molar-refractivity contribution in [3.05, 3.63) is 35.4 Å².